The standard InChI is InChI=1S/C17H15NO3/c1-18-14-6-4-3-5-12(14)13(17(18)20)9-11-7-8-15(19)16(10-11)21-2/h3-10,19H,1-2H3/b13-9-. The normalized spacial score (nSPS) is 15.4. The van der Waals surface area contributed by atoms with Crippen molar-refractivity contribution in [3.8, 4) is 11.5 Å². The van der Waals surface area contributed by atoms with Crippen LogP contribution in [0, 0.1) is 0 Å². The number of phenolic OH excluding ortho intramolecular Hbond substituents is 1. The van der Waals surface area contributed by atoms with Gasteiger partial charge >= 0.3 is 0 Å². The fraction of sp³-hybridized carbons (Fsp3) is 0.118. The number of rotatable bonds is 2. The van der Waals surface area contributed by atoms with E-state index < -0.39 is 0 Å². The van der Waals surface area contributed by atoms with Crippen molar-refractivity contribution in [1.82, 2.24) is 0 Å². The van der Waals surface area contributed by atoms with Crippen molar-refractivity contribution in [2.24, 2.45) is 0 Å². The first-order valence-electron chi connectivity index (χ1n) is 6.58. The summed E-state index contributed by atoms with van der Waals surface area (Å²) in [7, 11) is 3.26. The number of benzene rings is 2. The Labute approximate surface area is 122 Å². The highest BCUT2D eigenvalue weighted by Crippen LogP contribution is 2.37. The van der Waals surface area contributed by atoms with Gasteiger partial charge in [0.1, 0.15) is 0 Å². The van der Waals surface area contributed by atoms with Crippen LogP contribution in [-0.2, 0) is 4.79 Å². The minimum atomic E-state index is -0.0387. The highest BCUT2D eigenvalue weighted by Gasteiger charge is 2.28. The number of likely N-dealkylation sites (N-methyl/N-ethyl adjacent to an activating group) is 1. The largest absolute Gasteiger partial charge is 0.504 e. The van der Waals surface area contributed by atoms with Gasteiger partial charge in [-0.1, -0.05) is 24.3 Å². The molecular weight excluding hydrogens is 266 g/mol. The molecular formula is C17H15NO3. The molecule has 106 valence electrons. The van der Waals surface area contributed by atoms with Gasteiger partial charge in [0.25, 0.3) is 5.91 Å². The van der Waals surface area contributed by atoms with Gasteiger partial charge in [-0.3, -0.25) is 4.79 Å². The molecule has 1 heterocycles. The van der Waals surface area contributed by atoms with Crippen molar-refractivity contribution < 1.29 is 14.6 Å². The molecule has 0 bridgehead atoms. The van der Waals surface area contributed by atoms with Crippen LogP contribution in [0.25, 0.3) is 11.6 Å². The molecule has 1 aliphatic heterocycles. The third-order valence-electron chi connectivity index (χ3n) is 3.61. The second kappa shape index (κ2) is 4.98. The summed E-state index contributed by atoms with van der Waals surface area (Å²) in [5.41, 5.74) is 3.26. The van der Waals surface area contributed by atoms with E-state index in [2.05, 4.69) is 0 Å². The average Bonchev–Trinajstić information content (AvgIpc) is 2.74. The highest BCUT2D eigenvalue weighted by atomic mass is 16.5. The number of methoxy groups -OCH3 is 1. The molecule has 4 nitrogen and oxygen atoms in total. The lowest BCUT2D eigenvalue weighted by Gasteiger charge is -2.08. The molecule has 0 aromatic heterocycles. The number of anilines is 1. The summed E-state index contributed by atoms with van der Waals surface area (Å²) in [4.78, 5) is 14.0. The summed E-state index contributed by atoms with van der Waals surface area (Å²) in [5.74, 6) is 0.426. The van der Waals surface area contributed by atoms with Gasteiger partial charge in [0.15, 0.2) is 11.5 Å². The van der Waals surface area contributed by atoms with Crippen molar-refractivity contribution in [2.75, 3.05) is 19.1 Å². The fourth-order valence-corrected chi connectivity index (χ4v) is 2.49. The second-order valence-electron chi connectivity index (χ2n) is 4.87. The van der Waals surface area contributed by atoms with Gasteiger partial charge in [-0.15, -0.1) is 0 Å². The minimum Gasteiger partial charge on any atom is -0.504 e. The van der Waals surface area contributed by atoms with E-state index in [9.17, 15) is 9.90 Å². The number of nitrogens with zero attached hydrogens (tertiary/aromatic N) is 1. The van der Waals surface area contributed by atoms with Crippen LogP contribution in [0.4, 0.5) is 5.69 Å². The fourth-order valence-electron chi connectivity index (χ4n) is 2.49. The monoisotopic (exact) mass is 281 g/mol. The Morgan fingerprint density at radius 1 is 1.19 bits per heavy atom. The molecule has 0 saturated heterocycles. The highest BCUT2D eigenvalue weighted by molar-refractivity contribution is 6.35. The zero-order chi connectivity index (χ0) is 15.0. The average molecular weight is 281 g/mol. The molecule has 0 radical (unpaired) electrons. The molecule has 0 atom stereocenters. The van der Waals surface area contributed by atoms with E-state index in [0.29, 0.717) is 11.3 Å². The van der Waals surface area contributed by atoms with E-state index in [1.807, 2.05) is 30.3 Å². The van der Waals surface area contributed by atoms with Crippen LogP contribution in [0.3, 0.4) is 0 Å². The maximum absolute atomic E-state index is 12.4. The molecule has 3 rings (SSSR count). The van der Waals surface area contributed by atoms with Crippen molar-refractivity contribution in [1.29, 1.82) is 0 Å². The van der Waals surface area contributed by atoms with Gasteiger partial charge in [-0.2, -0.15) is 0 Å². The van der Waals surface area contributed by atoms with Crippen LogP contribution in [0.15, 0.2) is 42.5 Å². The van der Waals surface area contributed by atoms with Crippen molar-refractivity contribution in [3.05, 3.63) is 53.6 Å². The lowest BCUT2D eigenvalue weighted by Crippen LogP contribution is -2.20. The van der Waals surface area contributed by atoms with E-state index in [0.717, 1.165) is 16.8 Å². The molecule has 2 aromatic rings. The van der Waals surface area contributed by atoms with Gasteiger partial charge in [-0.25, -0.2) is 0 Å². The van der Waals surface area contributed by atoms with E-state index in [-0.39, 0.29) is 11.7 Å². The summed E-state index contributed by atoms with van der Waals surface area (Å²) in [6, 6.07) is 12.7. The Bertz CT molecular complexity index is 749. The number of hydrogen-bond acceptors (Lipinski definition) is 3. The number of amides is 1. The lowest BCUT2D eigenvalue weighted by atomic mass is 10.0. The number of carbonyl (C=O) groups excluding carboxylic acids is 1. The quantitative estimate of drug-likeness (QED) is 0.861. The number of hydrogen-bond donors (Lipinski definition) is 1. The molecule has 0 saturated carbocycles. The topological polar surface area (TPSA) is 49.8 Å². The van der Waals surface area contributed by atoms with Crippen LogP contribution in [-0.4, -0.2) is 25.2 Å². The Morgan fingerprint density at radius 2 is 1.95 bits per heavy atom. The minimum absolute atomic E-state index is 0.0387. The van der Waals surface area contributed by atoms with Gasteiger partial charge in [-0.05, 0) is 29.8 Å². The number of fused-ring (bicyclic) bond motifs is 1. The summed E-state index contributed by atoms with van der Waals surface area (Å²) in [5, 5.41) is 9.63. The third-order valence-corrected chi connectivity index (χ3v) is 3.61. The first-order valence-corrected chi connectivity index (χ1v) is 6.58. The van der Waals surface area contributed by atoms with Crippen LogP contribution in [0.5, 0.6) is 11.5 Å². The van der Waals surface area contributed by atoms with Crippen LogP contribution < -0.4 is 9.64 Å². The Balaban J connectivity index is 2.10. The molecule has 1 amide bonds. The number of carbonyl (C=O) groups is 1. The lowest BCUT2D eigenvalue weighted by molar-refractivity contribution is -0.112. The number of para-hydroxylation sites is 1. The molecule has 1 N–H and O–H groups in total. The van der Waals surface area contributed by atoms with Crippen molar-refractivity contribution in [3.63, 3.8) is 0 Å². The SMILES string of the molecule is COc1cc(/C=C2\C(=O)N(C)c3ccccc32)ccc1O. The van der Waals surface area contributed by atoms with E-state index >= 15 is 0 Å². The smallest absolute Gasteiger partial charge is 0.258 e. The van der Waals surface area contributed by atoms with E-state index in [1.54, 1.807) is 30.1 Å². The number of phenols is 1. The summed E-state index contributed by atoms with van der Waals surface area (Å²) < 4.78 is 5.09. The van der Waals surface area contributed by atoms with Crippen molar-refractivity contribution in [2.45, 2.75) is 0 Å². The predicted octanol–water partition coefficient (Wildman–Crippen LogP) is 2.92. The van der Waals surface area contributed by atoms with Crippen LogP contribution in [0.2, 0.25) is 0 Å². The summed E-state index contributed by atoms with van der Waals surface area (Å²) in [6.45, 7) is 0. The number of aromatic hydroxyl groups is 1. The first kappa shape index (κ1) is 13.2. The van der Waals surface area contributed by atoms with Gasteiger partial charge in [0.05, 0.1) is 12.8 Å². The molecule has 0 fully saturated rings. The van der Waals surface area contributed by atoms with Gasteiger partial charge in [0.2, 0.25) is 0 Å². The molecule has 1 aliphatic rings. The zero-order valence-corrected chi connectivity index (χ0v) is 11.8. The molecule has 0 spiro atoms. The molecule has 0 unspecified atom stereocenters. The predicted molar refractivity (Wildman–Crippen MR) is 82.4 cm³/mol. The molecule has 2 aromatic carbocycles. The Kier molecular flexibility index (Phi) is 3.14. The third kappa shape index (κ3) is 2.14. The number of ether oxygens (including phenoxy) is 1. The van der Waals surface area contributed by atoms with Crippen LogP contribution >= 0.6 is 0 Å². The Morgan fingerprint density at radius 3 is 2.71 bits per heavy atom. The maximum Gasteiger partial charge on any atom is 0.258 e. The second-order valence-corrected chi connectivity index (χ2v) is 4.87. The molecule has 21 heavy (non-hydrogen) atoms. The zero-order valence-electron chi connectivity index (χ0n) is 11.8. The molecule has 0 aliphatic carbocycles. The summed E-state index contributed by atoms with van der Waals surface area (Å²) >= 11 is 0. The summed E-state index contributed by atoms with van der Waals surface area (Å²) in [6.07, 6.45) is 1.81. The van der Waals surface area contributed by atoms with Gasteiger partial charge < -0.3 is 14.7 Å². The van der Waals surface area contributed by atoms with Crippen molar-refractivity contribution >= 4 is 23.2 Å². The van der Waals surface area contributed by atoms with Gasteiger partial charge in [0, 0.05) is 18.2 Å². The maximum atomic E-state index is 12.4. The van der Waals surface area contributed by atoms with Crippen LogP contribution in [0.1, 0.15) is 11.1 Å². The van der Waals surface area contributed by atoms with E-state index in [1.165, 1.54) is 7.11 Å². The Hall–Kier alpha value is -2.75. The van der Waals surface area contributed by atoms with E-state index in [4.69, 9.17) is 4.74 Å². The molecule has 4 heteroatoms. The first-order chi connectivity index (χ1) is 10.1.